The fraction of sp³-hybridized carbons (Fsp3) is 0.588. The summed E-state index contributed by atoms with van der Waals surface area (Å²) in [5.41, 5.74) is 3.07. The van der Waals surface area contributed by atoms with Crippen LogP contribution in [0.4, 0.5) is 0 Å². The Labute approximate surface area is 115 Å². The Morgan fingerprint density at radius 3 is 2.47 bits per heavy atom. The highest BCUT2D eigenvalue weighted by atomic mass is 16.4. The van der Waals surface area contributed by atoms with Gasteiger partial charge in [0.15, 0.2) is 0 Å². The van der Waals surface area contributed by atoms with E-state index in [1.165, 1.54) is 23.1 Å². The second-order valence-electron chi connectivity index (χ2n) is 6.46. The first kappa shape index (κ1) is 14.1. The van der Waals surface area contributed by atoms with Crippen molar-refractivity contribution in [2.24, 2.45) is 11.3 Å². The quantitative estimate of drug-likeness (QED) is 0.887. The largest absolute Gasteiger partial charge is 0.481 e. The fourth-order valence-corrected chi connectivity index (χ4v) is 3.65. The number of hydrogen-bond donors (Lipinski definition) is 1. The van der Waals surface area contributed by atoms with Crippen molar-refractivity contribution in [3.05, 3.63) is 34.9 Å². The van der Waals surface area contributed by atoms with Crippen LogP contribution in [0.3, 0.4) is 0 Å². The van der Waals surface area contributed by atoms with Gasteiger partial charge in [0, 0.05) is 0 Å². The minimum absolute atomic E-state index is 0.524. The van der Waals surface area contributed by atoms with Gasteiger partial charge in [-0.2, -0.15) is 0 Å². The van der Waals surface area contributed by atoms with Gasteiger partial charge in [-0.1, -0.05) is 49.1 Å². The topological polar surface area (TPSA) is 37.3 Å². The van der Waals surface area contributed by atoms with E-state index in [9.17, 15) is 9.90 Å². The molecule has 0 amide bonds. The van der Waals surface area contributed by atoms with Crippen molar-refractivity contribution in [3.8, 4) is 0 Å². The van der Waals surface area contributed by atoms with Gasteiger partial charge in [-0.3, -0.25) is 4.79 Å². The van der Waals surface area contributed by atoms with Gasteiger partial charge in [-0.25, -0.2) is 0 Å². The molecule has 2 heteroatoms. The van der Waals surface area contributed by atoms with E-state index in [-0.39, 0.29) is 0 Å². The Hall–Kier alpha value is -1.31. The molecule has 19 heavy (non-hydrogen) atoms. The number of rotatable bonds is 3. The highest BCUT2D eigenvalue weighted by Gasteiger charge is 2.41. The van der Waals surface area contributed by atoms with E-state index in [0.29, 0.717) is 12.3 Å². The van der Waals surface area contributed by atoms with Crippen LogP contribution >= 0.6 is 0 Å². The van der Waals surface area contributed by atoms with Crippen molar-refractivity contribution in [2.75, 3.05) is 0 Å². The van der Waals surface area contributed by atoms with Crippen LogP contribution in [0.5, 0.6) is 0 Å². The Morgan fingerprint density at radius 2 is 1.95 bits per heavy atom. The van der Waals surface area contributed by atoms with Gasteiger partial charge in [0.2, 0.25) is 0 Å². The lowest BCUT2D eigenvalue weighted by Gasteiger charge is -2.36. The summed E-state index contributed by atoms with van der Waals surface area (Å²) >= 11 is 0. The van der Waals surface area contributed by atoms with E-state index in [1.807, 2.05) is 0 Å². The Kier molecular flexibility index (Phi) is 3.98. The summed E-state index contributed by atoms with van der Waals surface area (Å²) < 4.78 is 0. The molecule has 2 atom stereocenters. The van der Waals surface area contributed by atoms with Crippen molar-refractivity contribution >= 4 is 5.97 Å². The highest BCUT2D eigenvalue weighted by Crippen LogP contribution is 2.42. The van der Waals surface area contributed by atoms with Gasteiger partial charge in [0.1, 0.15) is 0 Å². The smallest absolute Gasteiger partial charge is 0.309 e. The van der Waals surface area contributed by atoms with E-state index < -0.39 is 11.4 Å². The third-order valence-corrected chi connectivity index (χ3v) is 4.37. The molecule has 1 fully saturated rings. The van der Waals surface area contributed by atoms with E-state index in [4.69, 9.17) is 0 Å². The maximum Gasteiger partial charge on any atom is 0.309 e. The average Bonchev–Trinajstić information content (AvgIpc) is 2.26. The van der Waals surface area contributed by atoms with Gasteiger partial charge in [0.05, 0.1) is 5.41 Å². The first-order chi connectivity index (χ1) is 8.91. The summed E-state index contributed by atoms with van der Waals surface area (Å²) in [5, 5.41) is 9.71. The molecule has 1 N–H and O–H groups in total. The van der Waals surface area contributed by atoms with Crippen LogP contribution in [0.2, 0.25) is 0 Å². The molecule has 1 saturated carbocycles. The molecule has 1 aromatic carbocycles. The lowest BCUT2D eigenvalue weighted by Crippen LogP contribution is -2.38. The lowest BCUT2D eigenvalue weighted by molar-refractivity contribution is -0.152. The molecular formula is C17H24O2. The fourth-order valence-electron chi connectivity index (χ4n) is 3.65. The van der Waals surface area contributed by atoms with E-state index in [1.54, 1.807) is 0 Å². The third kappa shape index (κ3) is 3.17. The maximum absolute atomic E-state index is 11.8. The van der Waals surface area contributed by atoms with E-state index in [2.05, 4.69) is 39.0 Å². The number of aliphatic carboxylic acids is 1. The van der Waals surface area contributed by atoms with E-state index >= 15 is 0 Å². The zero-order valence-electron chi connectivity index (χ0n) is 12.2. The standard InChI is InChI=1S/C17H24O2/c1-12-5-4-6-17(10-12,16(18)19)11-15-8-13(2)7-14(3)9-15/h7-9,12H,4-6,10-11H2,1-3H3,(H,18,19). The van der Waals surface area contributed by atoms with Crippen LogP contribution in [0.15, 0.2) is 18.2 Å². The molecule has 0 saturated heterocycles. The SMILES string of the molecule is Cc1cc(C)cc(CC2(C(=O)O)CCCC(C)C2)c1. The number of benzene rings is 1. The summed E-state index contributed by atoms with van der Waals surface area (Å²) in [6.07, 6.45) is 4.52. The van der Waals surface area contributed by atoms with Crippen molar-refractivity contribution < 1.29 is 9.90 Å². The molecule has 104 valence electrons. The van der Waals surface area contributed by atoms with Gasteiger partial charge in [-0.15, -0.1) is 0 Å². The highest BCUT2D eigenvalue weighted by molar-refractivity contribution is 5.75. The maximum atomic E-state index is 11.8. The average molecular weight is 260 g/mol. The molecule has 2 nitrogen and oxygen atoms in total. The van der Waals surface area contributed by atoms with Gasteiger partial charge >= 0.3 is 5.97 Å². The minimum Gasteiger partial charge on any atom is -0.481 e. The number of hydrogen-bond acceptors (Lipinski definition) is 1. The molecule has 0 bridgehead atoms. The molecule has 2 rings (SSSR count). The molecule has 0 aliphatic heterocycles. The Balaban J connectivity index is 2.28. The van der Waals surface area contributed by atoms with Crippen molar-refractivity contribution in [1.82, 2.24) is 0 Å². The lowest BCUT2D eigenvalue weighted by atomic mass is 9.67. The monoisotopic (exact) mass is 260 g/mol. The predicted molar refractivity (Wildman–Crippen MR) is 77.3 cm³/mol. The summed E-state index contributed by atoms with van der Waals surface area (Å²) in [5.74, 6) is -0.0889. The van der Waals surface area contributed by atoms with Gasteiger partial charge < -0.3 is 5.11 Å². The van der Waals surface area contributed by atoms with Crippen molar-refractivity contribution in [3.63, 3.8) is 0 Å². The van der Waals surface area contributed by atoms with E-state index in [0.717, 1.165) is 19.3 Å². The molecule has 0 radical (unpaired) electrons. The number of carboxylic acids is 1. The number of aryl methyl sites for hydroxylation is 2. The number of carboxylic acid groups (broad SMARTS) is 1. The molecule has 0 heterocycles. The van der Waals surface area contributed by atoms with Crippen LogP contribution in [0, 0.1) is 25.2 Å². The summed E-state index contributed by atoms with van der Waals surface area (Å²) in [7, 11) is 0. The van der Waals surface area contributed by atoms with Gasteiger partial charge in [-0.05, 0) is 44.6 Å². The van der Waals surface area contributed by atoms with Crippen molar-refractivity contribution in [2.45, 2.75) is 52.9 Å². The predicted octanol–water partition coefficient (Wildman–Crippen LogP) is 4.13. The molecule has 1 aromatic rings. The third-order valence-electron chi connectivity index (χ3n) is 4.37. The summed E-state index contributed by atoms with van der Waals surface area (Å²) in [6, 6.07) is 6.41. The van der Waals surface area contributed by atoms with Crippen molar-refractivity contribution in [1.29, 1.82) is 0 Å². The van der Waals surface area contributed by atoms with Gasteiger partial charge in [0.25, 0.3) is 0 Å². The molecule has 2 unspecified atom stereocenters. The summed E-state index contributed by atoms with van der Waals surface area (Å²) in [6.45, 7) is 6.33. The van der Waals surface area contributed by atoms with Crippen LogP contribution < -0.4 is 0 Å². The molecular weight excluding hydrogens is 236 g/mol. The van der Waals surface area contributed by atoms with Crippen LogP contribution in [-0.4, -0.2) is 11.1 Å². The Bertz CT molecular complexity index is 458. The second-order valence-corrected chi connectivity index (χ2v) is 6.46. The zero-order chi connectivity index (χ0) is 14.0. The number of carbonyl (C=O) groups is 1. The van der Waals surface area contributed by atoms with Crippen LogP contribution in [-0.2, 0) is 11.2 Å². The first-order valence-corrected chi connectivity index (χ1v) is 7.22. The second kappa shape index (κ2) is 5.36. The minimum atomic E-state index is -0.613. The zero-order valence-corrected chi connectivity index (χ0v) is 12.2. The van der Waals surface area contributed by atoms with Crippen LogP contribution in [0.25, 0.3) is 0 Å². The van der Waals surface area contributed by atoms with Crippen LogP contribution in [0.1, 0.15) is 49.3 Å². The first-order valence-electron chi connectivity index (χ1n) is 7.22. The molecule has 1 aliphatic carbocycles. The Morgan fingerprint density at radius 1 is 1.32 bits per heavy atom. The molecule has 0 aromatic heterocycles. The molecule has 1 aliphatic rings. The normalized spacial score (nSPS) is 27.2. The molecule has 0 spiro atoms. The summed E-state index contributed by atoms with van der Waals surface area (Å²) in [4.78, 5) is 11.8.